The number of rotatable bonds is 6. The topological polar surface area (TPSA) is 44.5 Å². The highest BCUT2D eigenvalue weighted by atomic mass is 16.5. The molecule has 0 aliphatic carbocycles. The molecule has 1 heterocycles. The van der Waals surface area contributed by atoms with Gasteiger partial charge in [0.25, 0.3) is 0 Å². The van der Waals surface area contributed by atoms with Gasteiger partial charge in [-0.25, -0.2) is 0 Å². The molecule has 0 radical (unpaired) electrons. The number of benzene rings is 1. The van der Waals surface area contributed by atoms with E-state index >= 15 is 0 Å². The van der Waals surface area contributed by atoms with Crippen LogP contribution in [0.4, 0.5) is 0 Å². The zero-order chi connectivity index (χ0) is 13.9. The maximum Gasteiger partial charge on any atom is 0.122 e. The van der Waals surface area contributed by atoms with E-state index in [1.165, 1.54) is 11.1 Å². The normalized spacial score (nSPS) is 18.7. The Balaban J connectivity index is 2.16. The monoisotopic (exact) mass is 263 g/mol. The van der Waals surface area contributed by atoms with Crippen molar-refractivity contribution in [2.45, 2.75) is 45.1 Å². The number of aryl methyl sites for hydroxylation is 1. The standard InChI is InChI=1S/C16H25NO2/c1-4-19-15-6-5-14(9-12(15)2)16(10-18-11-16)8-7-13(3)17/h5-6,9,13H,4,7-8,10-11,17H2,1-3H3. The molecule has 2 N–H and O–H groups in total. The van der Waals surface area contributed by atoms with Crippen molar-refractivity contribution >= 4 is 0 Å². The average molecular weight is 263 g/mol. The van der Waals surface area contributed by atoms with Gasteiger partial charge in [0.1, 0.15) is 5.75 Å². The molecule has 1 atom stereocenters. The summed E-state index contributed by atoms with van der Waals surface area (Å²) < 4.78 is 11.1. The van der Waals surface area contributed by atoms with Crippen molar-refractivity contribution in [1.29, 1.82) is 0 Å². The molecule has 1 aliphatic heterocycles. The van der Waals surface area contributed by atoms with Crippen molar-refractivity contribution in [3.63, 3.8) is 0 Å². The summed E-state index contributed by atoms with van der Waals surface area (Å²) >= 11 is 0. The summed E-state index contributed by atoms with van der Waals surface area (Å²) in [5.41, 5.74) is 8.62. The predicted octanol–water partition coefficient (Wildman–Crippen LogP) is 2.79. The summed E-state index contributed by atoms with van der Waals surface area (Å²) in [4.78, 5) is 0. The van der Waals surface area contributed by atoms with Crippen molar-refractivity contribution in [2.75, 3.05) is 19.8 Å². The Kier molecular flexibility index (Phi) is 4.48. The largest absolute Gasteiger partial charge is 0.494 e. The second kappa shape index (κ2) is 5.93. The van der Waals surface area contributed by atoms with Crippen LogP contribution in [0.15, 0.2) is 18.2 Å². The summed E-state index contributed by atoms with van der Waals surface area (Å²) in [5, 5.41) is 0. The molecular formula is C16H25NO2. The summed E-state index contributed by atoms with van der Waals surface area (Å²) in [7, 11) is 0. The summed E-state index contributed by atoms with van der Waals surface area (Å²) in [5.74, 6) is 0.980. The van der Waals surface area contributed by atoms with Crippen LogP contribution in [0.3, 0.4) is 0 Å². The minimum atomic E-state index is 0.170. The summed E-state index contributed by atoms with van der Waals surface area (Å²) in [6.45, 7) is 8.51. The van der Waals surface area contributed by atoms with Gasteiger partial charge in [-0.2, -0.15) is 0 Å². The number of ether oxygens (including phenoxy) is 2. The lowest BCUT2D eigenvalue weighted by Crippen LogP contribution is -2.47. The van der Waals surface area contributed by atoms with E-state index in [4.69, 9.17) is 15.2 Å². The molecule has 1 saturated heterocycles. The molecule has 3 nitrogen and oxygen atoms in total. The molecule has 3 heteroatoms. The lowest BCUT2D eigenvalue weighted by molar-refractivity contribution is -0.0657. The first kappa shape index (κ1) is 14.4. The summed E-state index contributed by atoms with van der Waals surface area (Å²) in [6, 6.07) is 6.76. The van der Waals surface area contributed by atoms with Crippen molar-refractivity contribution in [2.24, 2.45) is 5.73 Å². The molecule has 0 aromatic heterocycles. The Labute approximate surface area is 116 Å². The number of hydrogen-bond donors (Lipinski definition) is 1. The lowest BCUT2D eigenvalue weighted by Gasteiger charge is -2.42. The van der Waals surface area contributed by atoms with Crippen molar-refractivity contribution in [1.82, 2.24) is 0 Å². The van der Waals surface area contributed by atoms with Gasteiger partial charge in [0.2, 0.25) is 0 Å². The van der Waals surface area contributed by atoms with E-state index in [1.807, 2.05) is 6.92 Å². The van der Waals surface area contributed by atoms with Gasteiger partial charge in [-0.15, -0.1) is 0 Å². The molecule has 0 saturated carbocycles. The highest BCUT2D eigenvalue weighted by molar-refractivity contribution is 5.40. The van der Waals surface area contributed by atoms with Gasteiger partial charge in [-0.1, -0.05) is 12.1 Å². The number of hydrogen-bond acceptors (Lipinski definition) is 3. The molecule has 2 rings (SSSR count). The van der Waals surface area contributed by atoms with E-state index in [2.05, 4.69) is 32.0 Å². The zero-order valence-corrected chi connectivity index (χ0v) is 12.2. The molecule has 1 aliphatic rings. The van der Waals surface area contributed by atoms with E-state index < -0.39 is 0 Å². The van der Waals surface area contributed by atoms with E-state index in [1.54, 1.807) is 0 Å². The Bertz CT molecular complexity index is 425. The Hall–Kier alpha value is -1.06. The first-order valence-electron chi connectivity index (χ1n) is 7.14. The van der Waals surface area contributed by atoms with Crippen molar-refractivity contribution < 1.29 is 9.47 Å². The smallest absolute Gasteiger partial charge is 0.122 e. The predicted molar refractivity (Wildman–Crippen MR) is 77.7 cm³/mol. The molecule has 106 valence electrons. The van der Waals surface area contributed by atoms with Crippen molar-refractivity contribution in [3.05, 3.63) is 29.3 Å². The SMILES string of the molecule is CCOc1ccc(C2(CCC(C)N)COC2)cc1C. The van der Waals surface area contributed by atoms with Gasteiger partial charge in [-0.3, -0.25) is 0 Å². The van der Waals surface area contributed by atoms with Crippen LogP contribution in [-0.4, -0.2) is 25.9 Å². The molecule has 1 unspecified atom stereocenters. The van der Waals surface area contributed by atoms with E-state index in [9.17, 15) is 0 Å². The van der Waals surface area contributed by atoms with Gasteiger partial charge < -0.3 is 15.2 Å². The quantitative estimate of drug-likeness (QED) is 0.858. The molecule has 0 amide bonds. The maximum atomic E-state index is 5.89. The van der Waals surface area contributed by atoms with Crippen molar-refractivity contribution in [3.8, 4) is 5.75 Å². The van der Waals surface area contributed by atoms with Crippen LogP contribution in [0, 0.1) is 6.92 Å². The Morgan fingerprint density at radius 2 is 2.16 bits per heavy atom. The van der Waals surface area contributed by atoms with Crippen LogP contribution in [0.1, 0.15) is 37.8 Å². The van der Waals surface area contributed by atoms with Gasteiger partial charge in [0, 0.05) is 11.5 Å². The lowest BCUT2D eigenvalue weighted by atomic mass is 9.74. The summed E-state index contributed by atoms with van der Waals surface area (Å²) in [6.07, 6.45) is 2.13. The van der Waals surface area contributed by atoms with Gasteiger partial charge >= 0.3 is 0 Å². The second-order valence-corrected chi connectivity index (χ2v) is 5.70. The molecular weight excluding hydrogens is 238 g/mol. The van der Waals surface area contributed by atoms with E-state index in [0.717, 1.165) is 31.8 Å². The Morgan fingerprint density at radius 3 is 2.63 bits per heavy atom. The highest BCUT2D eigenvalue weighted by Crippen LogP contribution is 2.38. The first-order valence-corrected chi connectivity index (χ1v) is 7.14. The average Bonchev–Trinajstić information content (AvgIpc) is 2.31. The van der Waals surface area contributed by atoms with E-state index in [0.29, 0.717) is 6.61 Å². The van der Waals surface area contributed by atoms with Crippen LogP contribution in [-0.2, 0) is 10.2 Å². The number of nitrogens with two attached hydrogens (primary N) is 1. The van der Waals surface area contributed by atoms with Crippen LogP contribution < -0.4 is 10.5 Å². The minimum absolute atomic E-state index is 0.170. The molecule has 0 bridgehead atoms. The fourth-order valence-electron chi connectivity index (χ4n) is 2.60. The first-order chi connectivity index (χ1) is 9.07. The van der Waals surface area contributed by atoms with Crippen LogP contribution in [0.2, 0.25) is 0 Å². The second-order valence-electron chi connectivity index (χ2n) is 5.70. The van der Waals surface area contributed by atoms with Gasteiger partial charge in [-0.05, 0) is 50.8 Å². The fraction of sp³-hybridized carbons (Fsp3) is 0.625. The fourth-order valence-corrected chi connectivity index (χ4v) is 2.60. The Morgan fingerprint density at radius 1 is 1.42 bits per heavy atom. The minimum Gasteiger partial charge on any atom is -0.494 e. The van der Waals surface area contributed by atoms with Crippen LogP contribution in [0.25, 0.3) is 0 Å². The highest BCUT2D eigenvalue weighted by Gasteiger charge is 2.40. The third-order valence-corrected chi connectivity index (χ3v) is 3.92. The molecule has 1 fully saturated rings. The molecule has 1 aromatic carbocycles. The van der Waals surface area contributed by atoms with Gasteiger partial charge in [0.15, 0.2) is 0 Å². The third kappa shape index (κ3) is 3.10. The van der Waals surface area contributed by atoms with Crippen LogP contribution >= 0.6 is 0 Å². The maximum absolute atomic E-state index is 5.89. The third-order valence-electron chi connectivity index (χ3n) is 3.92. The van der Waals surface area contributed by atoms with Gasteiger partial charge in [0.05, 0.1) is 19.8 Å². The zero-order valence-electron chi connectivity index (χ0n) is 12.2. The molecule has 1 aromatic rings. The molecule has 19 heavy (non-hydrogen) atoms. The van der Waals surface area contributed by atoms with E-state index in [-0.39, 0.29) is 11.5 Å². The van der Waals surface area contributed by atoms with Crippen LogP contribution in [0.5, 0.6) is 5.75 Å². The molecule has 0 spiro atoms.